The van der Waals surface area contributed by atoms with Gasteiger partial charge in [0.15, 0.2) is 0 Å². The third kappa shape index (κ3) is 4.56. The highest BCUT2D eigenvalue weighted by Crippen LogP contribution is 2.36. The summed E-state index contributed by atoms with van der Waals surface area (Å²) in [6, 6.07) is 10.1. The van der Waals surface area contributed by atoms with E-state index in [1.165, 1.54) is 7.11 Å². The molecule has 4 rings (SSSR count). The van der Waals surface area contributed by atoms with Crippen molar-refractivity contribution in [3.63, 3.8) is 0 Å². The van der Waals surface area contributed by atoms with Gasteiger partial charge in [0.1, 0.15) is 5.75 Å². The zero-order valence-corrected chi connectivity index (χ0v) is 18.1. The van der Waals surface area contributed by atoms with Crippen LogP contribution in [0.2, 0.25) is 0 Å². The Morgan fingerprint density at radius 3 is 2.55 bits per heavy atom. The van der Waals surface area contributed by atoms with E-state index in [2.05, 4.69) is 20.3 Å². The lowest BCUT2D eigenvalue weighted by Crippen LogP contribution is -2.06. The van der Waals surface area contributed by atoms with E-state index in [-0.39, 0.29) is 6.01 Å². The molecule has 0 aliphatic heterocycles. The van der Waals surface area contributed by atoms with E-state index in [9.17, 15) is 0 Å². The van der Waals surface area contributed by atoms with Gasteiger partial charge in [-0.15, -0.1) is 0 Å². The summed E-state index contributed by atoms with van der Waals surface area (Å²) in [5.41, 5.74) is 4.24. The SMILES string of the molecule is COc1cccc(CNc2ncc(-c3ccsc3)c(-c3cnc(OC)nc3OC)n2)c1. The van der Waals surface area contributed by atoms with Gasteiger partial charge in [0, 0.05) is 24.5 Å². The van der Waals surface area contributed by atoms with Crippen molar-refractivity contribution in [3.05, 3.63) is 59.0 Å². The molecule has 0 saturated carbocycles. The number of benzene rings is 1. The van der Waals surface area contributed by atoms with Crippen LogP contribution in [0.4, 0.5) is 5.95 Å². The summed E-state index contributed by atoms with van der Waals surface area (Å²) >= 11 is 1.60. The molecule has 0 aliphatic carbocycles. The predicted molar refractivity (Wildman–Crippen MR) is 120 cm³/mol. The Bertz CT molecular complexity index is 1170. The van der Waals surface area contributed by atoms with E-state index in [1.54, 1.807) is 38.0 Å². The van der Waals surface area contributed by atoms with Crippen LogP contribution < -0.4 is 19.5 Å². The van der Waals surface area contributed by atoms with E-state index < -0.39 is 0 Å². The molecule has 0 amide bonds. The van der Waals surface area contributed by atoms with Crippen LogP contribution in [0.15, 0.2) is 53.5 Å². The van der Waals surface area contributed by atoms with E-state index in [4.69, 9.17) is 19.2 Å². The quantitative estimate of drug-likeness (QED) is 0.438. The number of nitrogens with one attached hydrogen (secondary N) is 1. The first-order valence-electron chi connectivity index (χ1n) is 9.43. The van der Waals surface area contributed by atoms with Gasteiger partial charge in [0.05, 0.1) is 32.6 Å². The number of hydrogen-bond donors (Lipinski definition) is 1. The fraction of sp³-hybridized carbons (Fsp3) is 0.182. The summed E-state index contributed by atoms with van der Waals surface area (Å²) in [6.45, 7) is 0.546. The monoisotopic (exact) mass is 435 g/mol. The highest BCUT2D eigenvalue weighted by molar-refractivity contribution is 7.08. The van der Waals surface area contributed by atoms with Crippen LogP contribution in [0.1, 0.15) is 5.56 Å². The molecule has 0 fully saturated rings. The Hall–Kier alpha value is -3.72. The lowest BCUT2D eigenvalue weighted by atomic mass is 10.1. The summed E-state index contributed by atoms with van der Waals surface area (Å²) in [5.74, 6) is 1.66. The molecule has 0 saturated heterocycles. The maximum atomic E-state index is 5.49. The summed E-state index contributed by atoms with van der Waals surface area (Å²) in [7, 11) is 4.71. The van der Waals surface area contributed by atoms with Crippen molar-refractivity contribution in [2.45, 2.75) is 6.54 Å². The van der Waals surface area contributed by atoms with Crippen molar-refractivity contribution in [2.75, 3.05) is 26.6 Å². The molecule has 4 aromatic rings. The molecular weight excluding hydrogens is 414 g/mol. The third-order valence-corrected chi connectivity index (χ3v) is 5.25. The summed E-state index contributed by atoms with van der Waals surface area (Å²) in [4.78, 5) is 17.8. The van der Waals surface area contributed by atoms with Crippen molar-refractivity contribution in [1.29, 1.82) is 0 Å². The molecule has 0 unspecified atom stereocenters. The molecule has 3 heterocycles. The van der Waals surface area contributed by atoms with E-state index >= 15 is 0 Å². The molecule has 8 nitrogen and oxygen atoms in total. The number of thiophene rings is 1. The fourth-order valence-corrected chi connectivity index (χ4v) is 3.69. The van der Waals surface area contributed by atoms with Crippen molar-refractivity contribution in [2.24, 2.45) is 0 Å². The Labute approximate surface area is 183 Å². The first kappa shape index (κ1) is 20.5. The van der Waals surface area contributed by atoms with Gasteiger partial charge < -0.3 is 19.5 Å². The predicted octanol–water partition coefficient (Wildman–Crippen LogP) is 4.30. The average molecular weight is 436 g/mol. The number of anilines is 1. The molecule has 0 radical (unpaired) electrons. The molecule has 3 aromatic heterocycles. The standard InChI is InChI=1S/C22H21N5O3S/c1-28-16-6-4-5-14(9-16)10-23-21-24-11-17(15-7-8-31-13-15)19(26-21)18-12-25-22(30-3)27-20(18)29-2/h4-9,11-13H,10H2,1-3H3,(H,23,24,26). The van der Waals surface area contributed by atoms with Crippen molar-refractivity contribution in [1.82, 2.24) is 19.9 Å². The summed E-state index contributed by atoms with van der Waals surface area (Å²) < 4.78 is 15.9. The Kier molecular flexibility index (Phi) is 6.23. The maximum absolute atomic E-state index is 5.49. The molecule has 158 valence electrons. The zero-order valence-electron chi connectivity index (χ0n) is 17.3. The molecule has 1 N–H and O–H groups in total. The number of aromatic nitrogens is 4. The third-order valence-electron chi connectivity index (χ3n) is 4.57. The molecule has 9 heteroatoms. The van der Waals surface area contributed by atoms with Crippen LogP contribution in [0.5, 0.6) is 17.6 Å². The van der Waals surface area contributed by atoms with Gasteiger partial charge in [-0.1, -0.05) is 12.1 Å². The Morgan fingerprint density at radius 1 is 0.935 bits per heavy atom. The highest BCUT2D eigenvalue weighted by atomic mass is 32.1. The summed E-state index contributed by atoms with van der Waals surface area (Å²) in [5, 5.41) is 7.33. The number of methoxy groups -OCH3 is 3. The molecular formula is C22H21N5O3S. The number of hydrogen-bond acceptors (Lipinski definition) is 9. The van der Waals surface area contributed by atoms with E-state index in [0.717, 1.165) is 22.4 Å². The van der Waals surface area contributed by atoms with Crippen molar-refractivity contribution < 1.29 is 14.2 Å². The molecule has 0 aliphatic rings. The van der Waals surface area contributed by atoms with Crippen LogP contribution in [-0.2, 0) is 6.54 Å². The normalized spacial score (nSPS) is 10.5. The van der Waals surface area contributed by atoms with Crippen LogP contribution in [0.25, 0.3) is 22.4 Å². The molecule has 1 aromatic carbocycles. The van der Waals surface area contributed by atoms with E-state index in [0.29, 0.717) is 29.6 Å². The number of ether oxygens (including phenoxy) is 3. The zero-order chi connectivity index (χ0) is 21.6. The minimum absolute atomic E-state index is 0.225. The second kappa shape index (κ2) is 9.40. The van der Waals surface area contributed by atoms with Gasteiger partial charge >= 0.3 is 6.01 Å². The largest absolute Gasteiger partial charge is 0.497 e. The van der Waals surface area contributed by atoms with Crippen molar-refractivity contribution >= 4 is 17.3 Å². The number of rotatable bonds is 8. The van der Waals surface area contributed by atoms with Crippen LogP contribution in [-0.4, -0.2) is 41.3 Å². The van der Waals surface area contributed by atoms with Gasteiger partial charge in [0.25, 0.3) is 0 Å². The number of nitrogens with zero attached hydrogens (tertiary/aromatic N) is 4. The minimum Gasteiger partial charge on any atom is -0.497 e. The van der Waals surface area contributed by atoms with Gasteiger partial charge in [-0.3, -0.25) is 0 Å². The highest BCUT2D eigenvalue weighted by Gasteiger charge is 2.18. The average Bonchev–Trinajstić information content (AvgIpc) is 3.37. The second-order valence-corrected chi connectivity index (χ2v) is 7.23. The van der Waals surface area contributed by atoms with Gasteiger partial charge in [0.2, 0.25) is 11.8 Å². The van der Waals surface area contributed by atoms with Crippen LogP contribution >= 0.6 is 11.3 Å². The van der Waals surface area contributed by atoms with Gasteiger partial charge in [-0.05, 0) is 40.1 Å². The smallest absolute Gasteiger partial charge is 0.319 e. The maximum Gasteiger partial charge on any atom is 0.319 e. The first-order chi connectivity index (χ1) is 15.2. The van der Waals surface area contributed by atoms with E-state index in [1.807, 2.05) is 41.1 Å². The Balaban J connectivity index is 1.72. The lowest BCUT2D eigenvalue weighted by Gasteiger charge is -2.13. The van der Waals surface area contributed by atoms with Gasteiger partial charge in [-0.2, -0.15) is 16.3 Å². The summed E-state index contributed by atoms with van der Waals surface area (Å²) in [6.07, 6.45) is 3.44. The molecule has 0 bridgehead atoms. The fourth-order valence-electron chi connectivity index (χ4n) is 3.03. The topological polar surface area (TPSA) is 91.3 Å². The Morgan fingerprint density at radius 2 is 1.81 bits per heavy atom. The molecule has 0 atom stereocenters. The molecule has 31 heavy (non-hydrogen) atoms. The van der Waals surface area contributed by atoms with Crippen molar-refractivity contribution in [3.8, 4) is 40.0 Å². The van der Waals surface area contributed by atoms with Crippen LogP contribution in [0.3, 0.4) is 0 Å². The second-order valence-electron chi connectivity index (χ2n) is 6.45. The van der Waals surface area contributed by atoms with Gasteiger partial charge in [-0.25, -0.2) is 15.0 Å². The van der Waals surface area contributed by atoms with Crippen LogP contribution in [0, 0.1) is 0 Å². The molecule has 0 spiro atoms. The lowest BCUT2D eigenvalue weighted by molar-refractivity contribution is 0.353. The first-order valence-corrected chi connectivity index (χ1v) is 10.4. The minimum atomic E-state index is 0.225.